The monoisotopic (exact) mass is 411 g/mol. The SMILES string of the molecule is CCS(=O)(=O)Cc1cccc(CN2CCC[C@H](Cc3ccc4[nH]ncc4c3)C2)c1. The van der Waals surface area contributed by atoms with Gasteiger partial charge in [0.05, 0.1) is 17.5 Å². The zero-order valence-corrected chi connectivity index (χ0v) is 17.8. The molecule has 0 amide bonds. The molecule has 0 bridgehead atoms. The predicted octanol–water partition coefficient (Wildman–Crippen LogP) is 3.95. The van der Waals surface area contributed by atoms with Crippen molar-refractivity contribution >= 4 is 20.7 Å². The van der Waals surface area contributed by atoms with Crippen molar-refractivity contribution in [3.8, 4) is 0 Å². The third-order valence-electron chi connectivity index (χ3n) is 5.86. The summed E-state index contributed by atoms with van der Waals surface area (Å²) in [6.45, 7) is 4.78. The second kappa shape index (κ2) is 8.67. The number of hydrogen-bond acceptors (Lipinski definition) is 4. The summed E-state index contributed by atoms with van der Waals surface area (Å²) in [6.07, 6.45) is 5.45. The van der Waals surface area contributed by atoms with Crippen molar-refractivity contribution in [3.05, 3.63) is 65.4 Å². The van der Waals surface area contributed by atoms with Crippen LogP contribution in [0, 0.1) is 5.92 Å². The number of aromatic amines is 1. The summed E-state index contributed by atoms with van der Waals surface area (Å²) < 4.78 is 23.9. The molecule has 0 radical (unpaired) electrons. The Hall–Kier alpha value is -2.18. The van der Waals surface area contributed by atoms with E-state index < -0.39 is 9.84 Å². The molecule has 1 saturated heterocycles. The molecule has 1 aromatic heterocycles. The fourth-order valence-corrected chi connectivity index (χ4v) is 5.24. The van der Waals surface area contributed by atoms with Gasteiger partial charge in [-0.2, -0.15) is 5.10 Å². The summed E-state index contributed by atoms with van der Waals surface area (Å²) in [7, 11) is -3.00. The zero-order valence-electron chi connectivity index (χ0n) is 17.0. The van der Waals surface area contributed by atoms with E-state index in [2.05, 4.69) is 45.4 Å². The van der Waals surface area contributed by atoms with Crippen LogP contribution in [0.1, 0.15) is 36.5 Å². The molecule has 1 atom stereocenters. The average molecular weight is 412 g/mol. The van der Waals surface area contributed by atoms with E-state index in [9.17, 15) is 8.42 Å². The van der Waals surface area contributed by atoms with Crippen molar-refractivity contribution < 1.29 is 8.42 Å². The Morgan fingerprint density at radius 3 is 2.86 bits per heavy atom. The largest absolute Gasteiger partial charge is 0.299 e. The van der Waals surface area contributed by atoms with Crippen LogP contribution in [0.2, 0.25) is 0 Å². The van der Waals surface area contributed by atoms with E-state index in [4.69, 9.17) is 0 Å². The third kappa shape index (κ3) is 5.25. The van der Waals surface area contributed by atoms with Crippen LogP contribution in [0.15, 0.2) is 48.7 Å². The number of sulfone groups is 1. The van der Waals surface area contributed by atoms with Crippen molar-refractivity contribution in [3.63, 3.8) is 0 Å². The summed E-state index contributed by atoms with van der Waals surface area (Å²) in [5.74, 6) is 0.975. The first-order valence-electron chi connectivity index (χ1n) is 10.4. The van der Waals surface area contributed by atoms with Crippen molar-refractivity contribution in [2.24, 2.45) is 5.92 Å². The van der Waals surface area contributed by atoms with Gasteiger partial charge in [-0.1, -0.05) is 37.3 Å². The first-order chi connectivity index (χ1) is 14.0. The van der Waals surface area contributed by atoms with E-state index >= 15 is 0 Å². The molecule has 4 rings (SSSR count). The molecule has 1 aliphatic heterocycles. The van der Waals surface area contributed by atoms with Gasteiger partial charge in [-0.05, 0) is 60.5 Å². The molecule has 1 aliphatic rings. The number of benzene rings is 2. The van der Waals surface area contributed by atoms with Crippen LogP contribution in [0.4, 0.5) is 0 Å². The molecule has 6 heteroatoms. The molecule has 5 nitrogen and oxygen atoms in total. The van der Waals surface area contributed by atoms with Crippen molar-refractivity contribution in [1.29, 1.82) is 0 Å². The Kier molecular flexibility index (Phi) is 6.01. The van der Waals surface area contributed by atoms with Crippen molar-refractivity contribution in [2.45, 2.75) is 38.5 Å². The number of nitrogens with zero attached hydrogens (tertiary/aromatic N) is 2. The molecule has 0 saturated carbocycles. The summed E-state index contributed by atoms with van der Waals surface area (Å²) in [6, 6.07) is 14.6. The van der Waals surface area contributed by atoms with Gasteiger partial charge in [0.25, 0.3) is 0 Å². The van der Waals surface area contributed by atoms with Crippen LogP contribution in [-0.4, -0.2) is 42.4 Å². The molecule has 29 heavy (non-hydrogen) atoms. The van der Waals surface area contributed by atoms with Crippen LogP contribution < -0.4 is 0 Å². The lowest BCUT2D eigenvalue weighted by molar-refractivity contribution is 0.167. The van der Waals surface area contributed by atoms with Crippen LogP contribution in [0.25, 0.3) is 10.9 Å². The molecular formula is C23H29N3O2S. The first-order valence-corrected chi connectivity index (χ1v) is 12.3. The number of fused-ring (bicyclic) bond motifs is 1. The van der Waals surface area contributed by atoms with E-state index in [1.54, 1.807) is 6.92 Å². The predicted molar refractivity (Wildman–Crippen MR) is 117 cm³/mol. The maximum absolute atomic E-state index is 11.9. The van der Waals surface area contributed by atoms with Crippen LogP contribution in [0.5, 0.6) is 0 Å². The van der Waals surface area contributed by atoms with Crippen LogP contribution in [-0.2, 0) is 28.6 Å². The van der Waals surface area contributed by atoms with Crippen molar-refractivity contribution in [2.75, 3.05) is 18.8 Å². The highest BCUT2D eigenvalue weighted by atomic mass is 32.2. The lowest BCUT2D eigenvalue weighted by atomic mass is 9.90. The van der Waals surface area contributed by atoms with Crippen LogP contribution >= 0.6 is 0 Å². The first kappa shape index (κ1) is 20.1. The number of aromatic nitrogens is 2. The molecule has 0 aliphatic carbocycles. The van der Waals surface area contributed by atoms with E-state index in [0.29, 0.717) is 5.92 Å². The van der Waals surface area contributed by atoms with E-state index in [1.807, 2.05) is 18.3 Å². The highest BCUT2D eigenvalue weighted by Gasteiger charge is 2.21. The van der Waals surface area contributed by atoms with E-state index in [1.165, 1.54) is 29.4 Å². The molecule has 1 fully saturated rings. The minimum atomic E-state index is -3.00. The van der Waals surface area contributed by atoms with Crippen molar-refractivity contribution in [1.82, 2.24) is 15.1 Å². The van der Waals surface area contributed by atoms with Gasteiger partial charge < -0.3 is 0 Å². The standard InChI is InChI=1S/C23H29N3O2S/c1-2-29(27,28)17-21-6-3-5-19(12-21)15-26-10-4-7-20(16-26)11-18-8-9-23-22(13-18)14-24-25-23/h3,5-6,8-9,12-14,20H,2,4,7,10-11,15-17H2,1H3,(H,24,25)/t20-/m1/s1. The zero-order chi connectivity index (χ0) is 20.3. The Morgan fingerprint density at radius 2 is 2.00 bits per heavy atom. The molecular weight excluding hydrogens is 382 g/mol. The Balaban J connectivity index is 1.38. The number of rotatable bonds is 7. The topological polar surface area (TPSA) is 66.1 Å². The van der Waals surface area contributed by atoms with Gasteiger partial charge in [-0.15, -0.1) is 0 Å². The average Bonchev–Trinajstić information content (AvgIpc) is 3.16. The number of likely N-dealkylation sites (tertiary alicyclic amines) is 1. The third-order valence-corrected chi connectivity index (χ3v) is 7.51. The van der Waals surface area contributed by atoms with E-state index in [-0.39, 0.29) is 11.5 Å². The molecule has 2 heterocycles. The molecule has 2 aromatic carbocycles. The fourth-order valence-electron chi connectivity index (χ4n) is 4.35. The molecule has 1 N–H and O–H groups in total. The van der Waals surface area contributed by atoms with Gasteiger partial charge in [0.2, 0.25) is 0 Å². The normalized spacial score (nSPS) is 18.3. The Morgan fingerprint density at radius 1 is 1.14 bits per heavy atom. The quantitative estimate of drug-likeness (QED) is 0.639. The van der Waals surface area contributed by atoms with Gasteiger partial charge >= 0.3 is 0 Å². The number of hydrogen-bond donors (Lipinski definition) is 1. The summed E-state index contributed by atoms with van der Waals surface area (Å²) in [4.78, 5) is 2.51. The molecule has 3 aromatic rings. The van der Waals surface area contributed by atoms with Crippen LogP contribution in [0.3, 0.4) is 0 Å². The highest BCUT2D eigenvalue weighted by Crippen LogP contribution is 2.24. The lowest BCUT2D eigenvalue weighted by Gasteiger charge is -2.33. The maximum atomic E-state index is 11.9. The summed E-state index contributed by atoms with van der Waals surface area (Å²) in [5.41, 5.74) is 4.56. The second-order valence-electron chi connectivity index (χ2n) is 8.24. The number of piperidine rings is 1. The highest BCUT2D eigenvalue weighted by molar-refractivity contribution is 7.90. The smallest absolute Gasteiger partial charge is 0.154 e. The van der Waals surface area contributed by atoms with Gasteiger partial charge in [0.15, 0.2) is 9.84 Å². The van der Waals surface area contributed by atoms with Gasteiger partial charge in [-0.25, -0.2) is 8.42 Å². The Labute approximate surface area is 173 Å². The summed E-state index contributed by atoms with van der Waals surface area (Å²) >= 11 is 0. The fraction of sp³-hybridized carbons (Fsp3) is 0.435. The van der Waals surface area contributed by atoms with Gasteiger partial charge in [0.1, 0.15) is 0 Å². The molecule has 0 spiro atoms. The second-order valence-corrected chi connectivity index (χ2v) is 10.6. The maximum Gasteiger partial charge on any atom is 0.154 e. The summed E-state index contributed by atoms with van der Waals surface area (Å²) in [5, 5.41) is 8.30. The van der Waals surface area contributed by atoms with Gasteiger partial charge in [0, 0.05) is 24.2 Å². The minimum absolute atomic E-state index is 0.135. The minimum Gasteiger partial charge on any atom is -0.299 e. The Bertz CT molecular complexity index is 1070. The molecule has 0 unspecified atom stereocenters. The lowest BCUT2D eigenvalue weighted by Crippen LogP contribution is -2.35. The number of nitrogens with one attached hydrogen (secondary N) is 1. The van der Waals surface area contributed by atoms with E-state index in [0.717, 1.165) is 37.1 Å². The molecule has 154 valence electrons. The number of H-pyrrole nitrogens is 1. The van der Waals surface area contributed by atoms with Gasteiger partial charge in [-0.3, -0.25) is 10.00 Å².